The van der Waals surface area contributed by atoms with Crippen LogP contribution in [0.25, 0.3) is 0 Å². The smallest absolute Gasteiger partial charge is 0.308 e. The number of morpholine rings is 1. The molecule has 0 radical (unpaired) electrons. The largest absolute Gasteiger partial charge is 0.481 e. The summed E-state index contributed by atoms with van der Waals surface area (Å²) in [6.45, 7) is 1.17. The van der Waals surface area contributed by atoms with Crippen LogP contribution in [0.4, 0.5) is 0 Å². The van der Waals surface area contributed by atoms with Gasteiger partial charge in [0.2, 0.25) is 0 Å². The quantitative estimate of drug-likeness (QED) is 0.754. The van der Waals surface area contributed by atoms with Crippen LogP contribution in [0.5, 0.6) is 0 Å². The van der Waals surface area contributed by atoms with Crippen LogP contribution < -0.4 is 5.32 Å². The zero-order valence-electron chi connectivity index (χ0n) is 11.6. The number of ether oxygens (including phenoxy) is 1. The zero-order valence-corrected chi connectivity index (χ0v) is 11.6. The Hall–Kier alpha value is -1.85. The fourth-order valence-corrected chi connectivity index (χ4v) is 3.56. The molecule has 2 saturated heterocycles. The molecule has 5 heteroatoms. The molecule has 0 bridgehead atoms. The predicted octanol–water partition coefficient (Wildman–Crippen LogP) is 1.03. The number of allylic oxidation sites excluding steroid dienone is 4. The molecule has 0 amide bonds. The van der Waals surface area contributed by atoms with Crippen molar-refractivity contribution < 1.29 is 14.6 Å². The predicted molar refractivity (Wildman–Crippen MR) is 77.3 cm³/mol. The first-order valence-electron chi connectivity index (χ1n) is 7.36. The summed E-state index contributed by atoms with van der Waals surface area (Å²) in [5.41, 5.74) is 2.29. The van der Waals surface area contributed by atoms with Gasteiger partial charge in [0.1, 0.15) is 6.10 Å². The van der Waals surface area contributed by atoms with Gasteiger partial charge < -0.3 is 20.1 Å². The SMILES string of the molecule is O=C(O)C1CNC2C(=CC=C3C2OCC2C=CC=CN32)C1. The molecule has 4 unspecified atom stereocenters. The minimum Gasteiger partial charge on any atom is -0.481 e. The maximum absolute atomic E-state index is 11.2. The van der Waals surface area contributed by atoms with Crippen molar-refractivity contribution in [2.45, 2.75) is 24.6 Å². The van der Waals surface area contributed by atoms with Gasteiger partial charge in [0.15, 0.2) is 0 Å². The highest BCUT2D eigenvalue weighted by Crippen LogP contribution is 2.36. The molecule has 4 atom stereocenters. The van der Waals surface area contributed by atoms with Gasteiger partial charge >= 0.3 is 5.97 Å². The van der Waals surface area contributed by atoms with Crippen LogP contribution in [-0.2, 0) is 9.53 Å². The Morgan fingerprint density at radius 2 is 2.29 bits per heavy atom. The summed E-state index contributed by atoms with van der Waals surface area (Å²) in [5, 5.41) is 12.5. The van der Waals surface area contributed by atoms with Gasteiger partial charge in [-0.1, -0.05) is 18.2 Å². The van der Waals surface area contributed by atoms with Crippen LogP contribution in [0, 0.1) is 5.92 Å². The van der Waals surface area contributed by atoms with Gasteiger partial charge in [0, 0.05) is 18.4 Å². The van der Waals surface area contributed by atoms with Gasteiger partial charge in [0.05, 0.1) is 24.6 Å². The molecule has 2 N–H and O–H groups in total. The Kier molecular flexibility index (Phi) is 2.97. The van der Waals surface area contributed by atoms with Gasteiger partial charge in [-0.3, -0.25) is 4.79 Å². The van der Waals surface area contributed by atoms with E-state index in [1.54, 1.807) is 0 Å². The zero-order chi connectivity index (χ0) is 14.4. The normalized spacial score (nSPS) is 37.0. The summed E-state index contributed by atoms with van der Waals surface area (Å²) in [6.07, 6.45) is 13.1. The highest BCUT2D eigenvalue weighted by molar-refractivity contribution is 5.71. The van der Waals surface area contributed by atoms with Crippen molar-refractivity contribution >= 4 is 5.97 Å². The van der Waals surface area contributed by atoms with Crippen LogP contribution in [0.3, 0.4) is 0 Å². The molecule has 5 nitrogen and oxygen atoms in total. The summed E-state index contributed by atoms with van der Waals surface area (Å²) in [6, 6.07) is 0.365. The number of carbonyl (C=O) groups is 1. The molecule has 0 aromatic carbocycles. The monoisotopic (exact) mass is 286 g/mol. The second-order valence-corrected chi connectivity index (χ2v) is 5.91. The molecule has 2 fully saturated rings. The highest BCUT2D eigenvalue weighted by atomic mass is 16.5. The van der Waals surface area contributed by atoms with E-state index < -0.39 is 5.97 Å². The van der Waals surface area contributed by atoms with E-state index in [2.05, 4.69) is 34.6 Å². The molecule has 110 valence electrons. The molecule has 3 aliphatic heterocycles. The minimum absolute atomic E-state index is 0.0212. The van der Waals surface area contributed by atoms with E-state index >= 15 is 0 Å². The molecule has 3 heterocycles. The van der Waals surface area contributed by atoms with E-state index in [0.29, 0.717) is 19.6 Å². The topological polar surface area (TPSA) is 61.8 Å². The van der Waals surface area contributed by atoms with Crippen molar-refractivity contribution in [3.63, 3.8) is 0 Å². The standard InChI is InChI=1S/C16H18N2O3/c19-16(20)11-7-10-4-5-13-15(14(10)17-8-11)21-9-12-3-1-2-6-18(12)13/h1-6,11-12,14-15,17H,7-9H2,(H,19,20). The number of hydrogen-bond donors (Lipinski definition) is 2. The maximum atomic E-state index is 11.2. The maximum Gasteiger partial charge on any atom is 0.308 e. The van der Waals surface area contributed by atoms with E-state index in [0.717, 1.165) is 11.3 Å². The van der Waals surface area contributed by atoms with Crippen molar-refractivity contribution in [2.75, 3.05) is 13.2 Å². The molecule has 21 heavy (non-hydrogen) atoms. The summed E-state index contributed by atoms with van der Waals surface area (Å²) < 4.78 is 6.07. The van der Waals surface area contributed by atoms with Crippen LogP contribution in [-0.4, -0.2) is 47.3 Å². The van der Waals surface area contributed by atoms with E-state index in [1.165, 1.54) is 0 Å². The highest BCUT2D eigenvalue weighted by Gasteiger charge is 2.42. The molecule has 4 aliphatic rings. The average molecular weight is 286 g/mol. The van der Waals surface area contributed by atoms with Crippen molar-refractivity contribution in [3.8, 4) is 0 Å². The lowest BCUT2D eigenvalue weighted by Crippen LogP contribution is -2.57. The first-order chi connectivity index (χ1) is 10.2. The van der Waals surface area contributed by atoms with Crippen LogP contribution in [0.1, 0.15) is 6.42 Å². The molecular formula is C16H18N2O3. The lowest BCUT2D eigenvalue weighted by molar-refractivity contribution is -0.142. The Morgan fingerprint density at radius 1 is 1.38 bits per heavy atom. The van der Waals surface area contributed by atoms with Gasteiger partial charge in [-0.2, -0.15) is 0 Å². The van der Waals surface area contributed by atoms with E-state index in [9.17, 15) is 9.90 Å². The van der Waals surface area contributed by atoms with Gasteiger partial charge in [-0.05, 0) is 24.1 Å². The van der Waals surface area contributed by atoms with Gasteiger partial charge in [0.25, 0.3) is 0 Å². The minimum atomic E-state index is -0.731. The van der Waals surface area contributed by atoms with Gasteiger partial charge in [-0.15, -0.1) is 0 Å². The molecule has 4 rings (SSSR count). The Balaban J connectivity index is 1.63. The lowest BCUT2D eigenvalue weighted by Gasteiger charge is -2.47. The van der Waals surface area contributed by atoms with Gasteiger partial charge in [-0.25, -0.2) is 0 Å². The van der Waals surface area contributed by atoms with E-state index in [1.807, 2.05) is 12.2 Å². The molecule has 0 aromatic rings. The molecule has 0 saturated carbocycles. The molecule has 0 aromatic heterocycles. The fraction of sp³-hybridized carbons (Fsp3) is 0.438. The summed E-state index contributed by atoms with van der Waals surface area (Å²) in [4.78, 5) is 13.4. The number of fused-ring (bicyclic) bond motifs is 5. The van der Waals surface area contributed by atoms with Crippen LogP contribution in [0.2, 0.25) is 0 Å². The molecule has 1 aliphatic carbocycles. The Labute approximate surface area is 123 Å². The van der Waals surface area contributed by atoms with Crippen molar-refractivity contribution in [1.29, 1.82) is 0 Å². The number of carboxylic acids is 1. The number of nitrogens with one attached hydrogen (secondary N) is 1. The number of nitrogens with zero attached hydrogens (tertiary/aromatic N) is 1. The third-order valence-electron chi connectivity index (χ3n) is 4.67. The van der Waals surface area contributed by atoms with E-state index in [-0.39, 0.29) is 24.1 Å². The lowest BCUT2D eigenvalue weighted by atomic mass is 9.82. The van der Waals surface area contributed by atoms with Crippen molar-refractivity contribution in [3.05, 3.63) is 47.9 Å². The van der Waals surface area contributed by atoms with Crippen molar-refractivity contribution in [2.24, 2.45) is 5.92 Å². The summed E-state index contributed by atoms with van der Waals surface area (Å²) >= 11 is 0. The fourth-order valence-electron chi connectivity index (χ4n) is 3.56. The first kappa shape index (κ1) is 12.9. The Morgan fingerprint density at radius 3 is 3.14 bits per heavy atom. The Bertz CT molecular complexity index is 590. The second-order valence-electron chi connectivity index (χ2n) is 5.91. The molecular weight excluding hydrogens is 268 g/mol. The summed E-state index contributed by atoms with van der Waals surface area (Å²) in [5.74, 6) is -1.07. The molecule has 0 spiro atoms. The number of carboxylic acid groups (broad SMARTS) is 1. The van der Waals surface area contributed by atoms with Crippen molar-refractivity contribution in [1.82, 2.24) is 10.2 Å². The van der Waals surface area contributed by atoms with Crippen LogP contribution >= 0.6 is 0 Å². The summed E-state index contributed by atoms with van der Waals surface area (Å²) in [7, 11) is 0. The first-order valence-corrected chi connectivity index (χ1v) is 7.36. The van der Waals surface area contributed by atoms with E-state index in [4.69, 9.17) is 4.74 Å². The number of piperidine rings is 1. The third-order valence-corrected chi connectivity index (χ3v) is 4.67. The number of rotatable bonds is 1. The van der Waals surface area contributed by atoms with Crippen LogP contribution in [0.15, 0.2) is 47.9 Å². The number of hydrogen-bond acceptors (Lipinski definition) is 4. The third kappa shape index (κ3) is 2.04. The number of aliphatic carboxylic acids is 1. The average Bonchev–Trinajstić information content (AvgIpc) is 2.53. The second kappa shape index (κ2) is 4.86.